The van der Waals surface area contributed by atoms with Gasteiger partial charge in [-0.05, 0) is 42.3 Å². The number of aromatic carboxylic acids is 1. The van der Waals surface area contributed by atoms with Crippen LogP contribution in [0.15, 0.2) is 39.5 Å². The molecule has 130 valence electrons. The predicted molar refractivity (Wildman–Crippen MR) is 93.5 cm³/mol. The highest BCUT2D eigenvalue weighted by Crippen LogP contribution is 2.28. The zero-order chi connectivity index (χ0) is 18.0. The summed E-state index contributed by atoms with van der Waals surface area (Å²) in [6.45, 7) is 2.01. The lowest BCUT2D eigenvalue weighted by Crippen LogP contribution is -2.07. The van der Waals surface area contributed by atoms with Crippen LogP contribution in [0.2, 0.25) is 0 Å². The number of aliphatic hydroxyl groups excluding tert-OH is 1. The Kier molecular flexibility index (Phi) is 4.72. The van der Waals surface area contributed by atoms with Crippen molar-refractivity contribution in [3.63, 3.8) is 0 Å². The fourth-order valence-electron chi connectivity index (χ4n) is 2.84. The number of carboxylic acids is 1. The summed E-state index contributed by atoms with van der Waals surface area (Å²) in [6, 6.07) is 7.62. The molecule has 6 nitrogen and oxygen atoms in total. The lowest BCUT2D eigenvalue weighted by Gasteiger charge is -2.11. The van der Waals surface area contributed by atoms with Gasteiger partial charge in [0.2, 0.25) is 5.43 Å². The first kappa shape index (κ1) is 17.0. The predicted octanol–water partition coefficient (Wildman–Crippen LogP) is 2.97. The maximum atomic E-state index is 12.9. The first-order valence-electron chi connectivity index (χ1n) is 8.05. The number of hydrogen-bond donors (Lipinski definition) is 2. The highest BCUT2D eigenvalue weighted by Gasteiger charge is 2.15. The molecule has 0 spiro atoms. The Morgan fingerprint density at radius 1 is 1.20 bits per heavy atom. The fraction of sp³-hybridized carbons (Fsp3) is 0.263. The van der Waals surface area contributed by atoms with Crippen LogP contribution in [0.3, 0.4) is 0 Å². The molecule has 0 unspecified atom stereocenters. The normalized spacial score (nSPS) is 11.1. The van der Waals surface area contributed by atoms with Gasteiger partial charge in [-0.1, -0.05) is 13.3 Å². The van der Waals surface area contributed by atoms with E-state index in [1.165, 1.54) is 18.2 Å². The molecule has 0 aliphatic heterocycles. The van der Waals surface area contributed by atoms with Crippen LogP contribution in [-0.2, 0) is 6.42 Å². The molecule has 0 atom stereocenters. The van der Waals surface area contributed by atoms with E-state index in [-0.39, 0.29) is 29.6 Å². The van der Waals surface area contributed by atoms with Crippen molar-refractivity contribution in [2.75, 3.05) is 13.2 Å². The smallest absolute Gasteiger partial charge is 0.335 e. The Hall–Kier alpha value is -2.86. The van der Waals surface area contributed by atoms with Crippen molar-refractivity contribution in [3.8, 4) is 5.75 Å². The van der Waals surface area contributed by atoms with Crippen molar-refractivity contribution in [2.24, 2.45) is 0 Å². The minimum absolute atomic E-state index is 0.0283. The van der Waals surface area contributed by atoms with Crippen molar-refractivity contribution in [1.29, 1.82) is 0 Å². The molecule has 3 rings (SSSR count). The first-order chi connectivity index (χ1) is 12.0. The monoisotopic (exact) mass is 342 g/mol. The molecule has 0 aliphatic carbocycles. The molecule has 0 bridgehead atoms. The highest BCUT2D eigenvalue weighted by molar-refractivity contribution is 5.96. The number of fused-ring (bicyclic) bond motifs is 2. The summed E-state index contributed by atoms with van der Waals surface area (Å²) in [4.78, 5) is 24.0. The first-order valence-corrected chi connectivity index (χ1v) is 8.05. The zero-order valence-corrected chi connectivity index (χ0v) is 13.7. The van der Waals surface area contributed by atoms with E-state index in [4.69, 9.17) is 19.4 Å². The fourth-order valence-corrected chi connectivity index (χ4v) is 2.84. The number of benzene rings is 2. The molecule has 2 aromatic carbocycles. The summed E-state index contributed by atoms with van der Waals surface area (Å²) >= 11 is 0. The van der Waals surface area contributed by atoms with Crippen LogP contribution in [0.1, 0.15) is 29.3 Å². The summed E-state index contributed by atoms with van der Waals surface area (Å²) < 4.78 is 11.4. The van der Waals surface area contributed by atoms with Gasteiger partial charge in [-0.25, -0.2) is 4.79 Å². The Labute approximate surface area is 143 Å². The van der Waals surface area contributed by atoms with Gasteiger partial charge >= 0.3 is 5.97 Å². The molecule has 0 radical (unpaired) electrons. The second kappa shape index (κ2) is 6.94. The van der Waals surface area contributed by atoms with Crippen molar-refractivity contribution in [3.05, 3.63) is 51.7 Å². The van der Waals surface area contributed by atoms with Crippen molar-refractivity contribution in [2.45, 2.75) is 19.8 Å². The third-order valence-electron chi connectivity index (χ3n) is 3.95. The largest absolute Gasteiger partial charge is 0.491 e. The van der Waals surface area contributed by atoms with Crippen molar-refractivity contribution < 1.29 is 24.2 Å². The van der Waals surface area contributed by atoms with Crippen LogP contribution in [0.25, 0.3) is 21.9 Å². The molecular formula is C19H18O6. The number of carbonyl (C=O) groups is 1. The van der Waals surface area contributed by atoms with Gasteiger partial charge in [-0.15, -0.1) is 0 Å². The van der Waals surface area contributed by atoms with Gasteiger partial charge in [0, 0.05) is 0 Å². The van der Waals surface area contributed by atoms with Crippen LogP contribution in [0.4, 0.5) is 0 Å². The number of rotatable bonds is 6. The van der Waals surface area contributed by atoms with Crippen LogP contribution in [0, 0.1) is 0 Å². The van der Waals surface area contributed by atoms with E-state index in [1.807, 2.05) is 13.0 Å². The van der Waals surface area contributed by atoms with E-state index >= 15 is 0 Å². The number of carboxylic acid groups (broad SMARTS) is 1. The summed E-state index contributed by atoms with van der Waals surface area (Å²) in [5, 5.41) is 18.6. The van der Waals surface area contributed by atoms with Gasteiger partial charge in [-0.2, -0.15) is 0 Å². The molecule has 0 fully saturated rings. The molecule has 25 heavy (non-hydrogen) atoms. The van der Waals surface area contributed by atoms with Crippen LogP contribution in [0.5, 0.6) is 5.75 Å². The second-order valence-electron chi connectivity index (χ2n) is 5.73. The molecule has 6 heteroatoms. The van der Waals surface area contributed by atoms with Crippen LogP contribution in [-0.4, -0.2) is 29.4 Å². The Balaban J connectivity index is 2.31. The molecule has 1 aromatic heterocycles. The van der Waals surface area contributed by atoms with E-state index in [9.17, 15) is 9.59 Å². The van der Waals surface area contributed by atoms with E-state index in [0.717, 1.165) is 12.0 Å². The minimum atomic E-state index is -1.10. The molecule has 0 saturated carbocycles. The average Bonchev–Trinajstić information content (AvgIpc) is 2.61. The Bertz CT molecular complexity index is 1000. The maximum Gasteiger partial charge on any atom is 0.335 e. The highest BCUT2D eigenvalue weighted by atomic mass is 16.5. The number of aliphatic hydroxyl groups is 1. The van der Waals surface area contributed by atoms with Gasteiger partial charge in [0.15, 0.2) is 0 Å². The second-order valence-corrected chi connectivity index (χ2v) is 5.73. The third kappa shape index (κ3) is 3.21. The number of aryl methyl sites for hydroxylation is 1. The SMILES string of the molecule is CCCc1cc(OCCO)cc2c(=O)c3cc(C(=O)O)ccc3oc12. The van der Waals surface area contributed by atoms with E-state index in [2.05, 4.69) is 0 Å². The molecule has 1 heterocycles. The lowest BCUT2D eigenvalue weighted by atomic mass is 10.0. The van der Waals surface area contributed by atoms with Crippen LogP contribution >= 0.6 is 0 Å². The number of hydrogen-bond acceptors (Lipinski definition) is 5. The van der Waals surface area contributed by atoms with E-state index < -0.39 is 5.97 Å². The Morgan fingerprint density at radius 3 is 2.68 bits per heavy atom. The van der Waals surface area contributed by atoms with Crippen LogP contribution < -0.4 is 10.2 Å². The summed E-state index contributed by atoms with van der Waals surface area (Å²) in [6.07, 6.45) is 1.56. The maximum absolute atomic E-state index is 12.9. The standard InChI is InChI=1S/C19H18O6/c1-2-3-11-8-13(24-7-6-20)10-15-17(21)14-9-12(19(22)23)4-5-16(14)25-18(11)15/h4-5,8-10,20H,2-3,6-7H2,1H3,(H,22,23). The number of ether oxygens (including phenoxy) is 1. The van der Waals surface area contributed by atoms with Gasteiger partial charge < -0.3 is 19.4 Å². The average molecular weight is 342 g/mol. The van der Waals surface area contributed by atoms with Gasteiger partial charge in [-0.3, -0.25) is 4.79 Å². The summed E-state index contributed by atoms with van der Waals surface area (Å²) in [7, 11) is 0. The molecule has 0 amide bonds. The molecular weight excluding hydrogens is 324 g/mol. The third-order valence-corrected chi connectivity index (χ3v) is 3.95. The van der Waals surface area contributed by atoms with E-state index in [1.54, 1.807) is 6.07 Å². The Morgan fingerprint density at radius 2 is 2.00 bits per heavy atom. The van der Waals surface area contributed by atoms with E-state index in [0.29, 0.717) is 28.7 Å². The lowest BCUT2D eigenvalue weighted by molar-refractivity contribution is 0.0697. The van der Waals surface area contributed by atoms with Gasteiger partial charge in [0.25, 0.3) is 0 Å². The summed E-state index contributed by atoms with van der Waals surface area (Å²) in [5.74, 6) is -0.626. The summed E-state index contributed by atoms with van der Waals surface area (Å²) in [5.41, 5.74) is 1.41. The van der Waals surface area contributed by atoms with Gasteiger partial charge in [0.05, 0.1) is 22.9 Å². The molecule has 3 aromatic rings. The molecule has 0 saturated heterocycles. The van der Waals surface area contributed by atoms with Crippen molar-refractivity contribution >= 4 is 27.9 Å². The van der Waals surface area contributed by atoms with Crippen molar-refractivity contribution in [1.82, 2.24) is 0 Å². The zero-order valence-electron chi connectivity index (χ0n) is 13.7. The van der Waals surface area contributed by atoms with Gasteiger partial charge in [0.1, 0.15) is 23.5 Å². The topological polar surface area (TPSA) is 97.0 Å². The quantitative estimate of drug-likeness (QED) is 0.669. The molecule has 0 aliphatic rings. The minimum Gasteiger partial charge on any atom is -0.491 e. The molecule has 2 N–H and O–H groups in total.